The monoisotopic (exact) mass is 465 g/mol. The average molecular weight is 466 g/mol. The van der Waals surface area contributed by atoms with E-state index < -0.39 is 0 Å². The van der Waals surface area contributed by atoms with E-state index in [1.165, 1.54) is 12.2 Å². The van der Waals surface area contributed by atoms with E-state index >= 15 is 0 Å². The molecule has 7 heteroatoms. The van der Waals surface area contributed by atoms with Gasteiger partial charge in [-0.25, -0.2) is 0 Å². The van der Waals surface area contributed by atoms with Crippen LogP contribution < -0.4 is 4.74 Å². The van der Waals surface area contributed by atoms with Crippen LogP contribution in [0.25, 0.3) is 0 Å². The number of ketones is 1. The Morgan fingerprint density at radius 2 is 2.06 bits per heavy atom. The predicted molar refractivity (Wildman–Crippen MR) is 127 cm³/mol. The number of hydrogen-bond donors (Lipinski definition) is 1. The van der Waals surface area contributed by atoms with Crippen LogP contribution in [0, 0.1) is 11.8 Å². The maximum Gasteiger partial charge on any atom is 0.168 e. The number of ether oxygens (including phenoxy) is 1. The Labute approximate surface area is 194 Å². The summed E-state index contributed by atoms with van der Waals surface area (Å²) in [6.07, 6.45) is 4.56. The molecule has 1 heterocycles. The summed E-state index contributed by atoms with van der Waals surface area (Å²) in [6.45, 7) is 4.15. The summed E-state index contributed by atoms with van der Waals surface area (Å²) < 4.78 is 5.80. The van der Waals surface area contributed by atoms with Gasteiger partial charge >= 0.3 is 0 Å². The third-order valence-electron chi connectivity index (χ3n) is 5.74. The summed E-state index contributed by atoms with van der Waals surface area (Å²) in [7, 11) is 0. The summed E-state index contributed by atoms with van der Waals surface area (Å²) in [4.78, 5) is 18.5. The maximum atomic E-state index is 12.9. The number of allylic oxidation sites excluding steroid dienone is 2. The molecule has 1 N–H and O–H groups in total. The van der Waals surface area contributed by atoms with Gasteiger partial charge < -0.3 is 14.7 Å². The van der Waals surface area contributed by atoms with Gasteiger partial charge in [-0.2, -0.15) is 11.8 Å². The number of carbonyl (C=O) groups is 1. The highest BCUT2D eigenvalue weighted by atomic mass is 35.5. The molecule has 0 bridgehead atoms. The first kappa shape index (κ1) is 24.0. The van der Waals surface area contributed by atoms with E-state index in [1.807, 2.05) is 25.6 Å². The first-order valence-electron chi connectivity index (χ1n) is 11.1. The Morgan fingerprint density at radius 1 is 1.29 bits per heavy atom. The van der Waals surface area contributed by atoms with Crippen molar-refractivity contribution >= 4 is 34.9 Å². The van der Waals surface area contributed by atoms with Gasteiger partial charge in [0, 0.05) is 17.9 Å². The van der Waals surface area contributed by atoms with Crippen LogP contribution in [0.1, 0.15) is 52.4 Å². The van der Waals surface area contributed by atoms with Crippen LogP contribution in [0.3, 0.4) is 0 Å². The van der Waals surface area contributed by atoms with Crippen LogP contribution in [-0.2, 0) is 9.63 Å². The van der Waals surface area contributed by atoms with Crippen LogP contribution in [0.15, 0.2) is 40.8 Å². The SMILES string of the molecule is CCC/C(=N\OCC(C)Oc1ccc(Cl)cc1)C1=C(O)CC(C2CCCSC2)CC1=O. The molecule has 0 radical (unpaired) electrons. The fraction of sp³-hybridized carbons (Fsp3) is 0.583. The van der Waals surface area contributed by atoms with Crippen molar-refractivity contribution in [1.82, 2.24) is 0 Å². The van der Waals surface area contributed by atoms with Gasteiger partial charge in [-0.1, -0.05) is 30.1 Å². The lowest BCUT2D eigenvalue weighted by Crippen LogP contribution is -2.31. The second-order valence-electron chi connectivity index (χ2n) is 8.36. The highest BCUT2D eigenvalue weighted by Gasteiger charge is 2.35. The number of Topliss-reactive ketones (excluding diaryl/α,β-unsaturated/α-hetero) is 1. The quantitative estimate of drug-likeness (QED) is 0.346. The molecule has 1 aliphatic heterocycles. The van der Waals surface area contributed by atoms with E-state index in [9.17, 15) is 9.90 Å². The van der Waals surface area contributed by atoms with Crippen molar-refractivity contribution in [2.75, 3.05) is 18.1 Å². The summed E-state index contributed by atoms with van der Waals surface area (Å²) in [5.74, 6) is 3.91. The highest BCUT2D eigenvalue weighted by Crippen LogP contribution is 2.38. The Hall–Kier alpha value is -1.66. The van der Waals surface area contributed by atoms with Crippen LogP contribution in [-0.4, -0.2) is 40.8 Å². The maximum absolute atomic E-state index is 12.9. The Balaban J connectivity index is 1.62. The zero-order valence-corrected chi connectivity index (χ0v) is 19.9. The van der Waals surface area contributed by atoms with Crippen molar-refractivity contribution in [1.29, 1.82) is 0 Å². The van der Waals surface area contributed by atoms with E-state index in [0.717, 1.165) is 18.6 Å². The Kier molecular flexibility index (Phi) is 9.15. The fourth-order valence-electron chi connectivity index (χ4n) is 4.17. The van der Waals surface area contributed by atoms with Crippen LogP contribution in [0.4, 0.5) is 0 Å². The number of hydrogen-bond acceptors (Lipinski definition) is 6. The van der Waals surface area contributed by atoms with E-state index in [2.05, 4.69) is 5.16 Å². The van der Waals surface area contributed by atoms with Crippen molar-refractivity contribution in [3.63, 3.8) is 0 Å². The molecule has 170 valence electrons. The summed E-state index contributed by atoms with van der Waals surface area (Å²) >= 11 is 7.85. The lowest BCUT2D eigenvalue weighted by Gasteiger charge is -2.32. The lowest BCUT2D eigenvalue weighted by molar-refractivity contribution is -0.117. The highest BCUT2D eigenvalue weighted by molar-refractivity contribution is 7.99. The number of oxime groups is 1. The number of thioether (sulfide) groups is 1. The molecular formula is C24H32ClNO4S. The molecule has 1 fully saturated rings. The van der Waals surface area contributed by atoms with Gasteiger partial charge in [-0.15, -0.1) is 0 Å². The number of aliphatic hydroxyl groups excluding tert-OH is 1. The second-order valence-corrected chi connectivity index (χ2v) is 9.94. The third kappa shape index (κ3) is 6.91. The van der Waals surface area contributed by atoms with E-state index in [0.29, 0.717) is 47.2 Å². The number of carbonyl (C=O) groups excluding carboxylic acids is 1. The molecule has 3 rings (SSSR count). The first-order chi connectivity index (χ1) is 15.0. The molecule has 5 nitrogen and oxygen atoms in total. The van der Waals surface area contributed by atoms with Gasteiger partial charge in [0.1, 0.15) is 17.6 Å². The summed E-state index contributed by atoms with van der Waals surface area (Å²) in [6, 6.07) is 7.14. The average Bonchev–Trinajstić information content (AvgIpc) is 2.75. The van der Waals surface area contributed by atoms with Crippen LogP contribution in [0.5, 0.6) is 5.75 Å². The van der Waals surface area contributed by atoms with Crippen molar-refractivity contribution in [2.24, 2.45) is 17.0 Å². The minimum absolute atomic E-state index is 0.00872. The molecule has 31 heavy (non-hydrogen) atoms. The van der Waals surface area contributed by atoms with E-state index in [1.54, 1.807) is 24.3 Å². The molecule has 1 aromatic carbocycles. The van der Waals surface area contributed by atoms with Crippen molar-refractivity contribution in [3.8, 4) is 5.75 Å². The van der Waals surface area contributed by atoms with Gasteiger partial charge in [0.05, 0.1) is 11.3 Å². The topological polar surface area (TPSA) is 68.1 Å². The minimum Gasteiger partial charge on any atom is -0.511 e. The van der Waals surface area contributed by atoms with Crippen molar-refractivity contribution in [2.45, 2.75) is 58.5 Å². The standard InChI is InChI=1S/C24H32ClNO4S/c1-3-5-21(26-29-14-16(2)30-20-9-7-19(25)8-10-20)24-22(27)12-18(13-23(24)28)17-6-4-11-31-15-17/h7-10,16-18,27H,3-6,11-15H2,1-2H3/b26-21+. The third-order valence-corrected chi connectivity index (χ3v) is 7.24. The van der Waals surface area contributed by atoms with Gasteiger partial charge in [0.25, 0.3) is 0 Å². The molecule has 0 saturated carbocycles. The molecule has 2 aliphatic rings. The van der Waals surface area contributed by atoms with Crippen molar-refractivity contribution in [3.05, 3.63) is 40.6 Å². The van der Waals surface area contributed by atoms with Gasteiger partial charge in [0.15, 0.2) is 12.4 Å². The Morgan fingerprint density at radius 3 is 2.71 bits per heavy atom. The molecule has 1 aromatic rings. The largest absolute Gasteiger partial charge is 0.511 e. The van der Waals surface area contributed by atoms with Crippen LogP contribution >= 0.6 is 23.4 Å². The molecule has 1 saturated heterocycles. The molecular weight excluding hydrogens is 434 g/mol. The molecule has 0 spiro atoms. The number of aliphatic hydroxyl groups is 1. The number of benzene rings is 1. The number of nitrogens with zero attached hydrogens (tertiary/aromatic N) is 1. The number of rotatable bonds is 9. The minimum atomic E-state index is -0.231. The zero-order chi connectivity index (χ0) is 22.2. The molecule has 1 aliphatic carbocycles. The summed E-state index contributed by atoms with van der Waals surface area (Å²) in [5, 5.41) is 15.6. The van der Waals surface area contributed by atoms with Crippen molar-refractivity contribution < 1.29 is 19.5 Å². The van der Waals surface area contributed by atoms with E-state index in [-0.39, 0.29) is 30.2 Å². The molecule has 3 atom stereocenters. The predicted octanol–water partition coefficient (Wildman–Crippen LogP) is 6.21. The zero-order valence-electron chi connectivity index (χ0n) is 18.3. The second kappa shape index (κ2) is 11.8. The smallest absolute Gasteiger partial charge is 0.168 e. The first-order valence-corrected chi connectivity index (χ1v) is 12.7. The molecule has 3 unspecified atom stereocenters. The molecule has 0 aromatic heterocycles. The Bertz CT molecular complexity index is 802. The normalized spacial score (nSPS) is 23.6. The van der Waals surface area contributed by atoms with E-state index in [4.69, 9.17) is 21.2 Å². The fourth-order valence-corrected chi connectivity index (χ4v) is 5.58. The van der Waals surface area contributed by atoms with Gasteiger partial charge in [-0.05, 0) is 73.8 Å². The number of halogens is 1. The van der Waals surface area contributed by atoms with Gasteiger partial charge in [0.2, 0.25) is 0 Å². The lowest BCUT2D eigenvalue weighted by atomic mass is 9.76. The van der Waals surface area contributed by atoms with Gasteiger partial charge in [-0.3, -0.25) is 4.79 Å². The molecule has 0 amide bonds. The summed E-state index contributed by atoms with van der Waals surface area (Å²) in [5.41, 5.74) is 0.910. The van der Waals surface area contributed by atoms with Crippen LogP contribution in [0.2, 0.25) is 5.02 Å².